The maximum absolute atomic E-state index is 14.1. The molecule has 282 valence electrons. The molecule has 0 aromatic rings. The monoisotopic (exact) mass is 704 g/mol. The van der Waals surface area contributed by atoms with Gasteiger partial charge in [0.25, 0.3) is 0 Å². The Morgan fingerprint density at radius 1 is 0.920 bits per heavy atom. The number of likely N-dealkylation sites (tertiary alicyclic amines) is 1. The van der Waals surface area contributed by atoms with Crippen LogP contribution in [0.1, 0.15) is 107 Å². The van der Waals surface area contributed by atoms with Crippen LogP contribution in [-0.4, -0.2) is 118 Å². The smallest absolute Gasteiger partial charge is 0.245 e. The highest BCUT2D eigenvalue weighted by Crippen LogP contribution is 2.39. The summed E-state index contributed by atoms with van der Waals surface area (Å²) in [6.07, 6.45) is 2.26. The minimum absolute atomic E-state index is 0.119. The molecule has 6 N–H and O–H groups in total. The minimum atomic E-state index is -0.989. The molecule has 0 radical (unpaired) electrons. The zero-order valence-electron chi connectivity index (χ0n) is 31.4. The fraction of sp³-hybridized carbons (Fsp3) is 0.771. The lowest BCUT2D eigenvalue weighted by atomic mass is 9.96. The third-order valence-corrected chi connectivity index (χ3v) is 8.86. The van der Waals surface area contributed by atoms with Crippen LogP contribution < -0.4 is 27.0 Å². The lowest BCUT2D eigenvalue weighted by Gasteiger charge is -2.34. The molecule has 2 aliphatic heterocycles. The summed E-state index contributed by atoms with van der Waals surface area (Å²) >= 11 is 0. The lowest BCUT2D eigenvalue weighted by molar-refractivity contribution is -0.137. The van der Waals surface area contributed by atoms with Crippen LogP contribution in [0, 0.1) is 5.92 Å². The Kier molecular flexibility index (Phi) is 16.0. The molecule has 15 heteroatoms. The summed E-state index contributed by atoms with van der Waals surface area (Å²) in [5, 5.41) is 11.4. The van der Waals surface area contributed by atoms with Crippen LogP contribution in [0.4, 0.5) is 0 Å². The Balaban J connectivity index is 2.35. The number of amides is 5. The molecule has 0 spiro atoms. The maximum atomic E-state index is 14.1. The fourth-order valence-electron chi connectivity index (χ4n) is 6.71. The maximum Gasteiger partial charge on any atom is 0.245 e. The largest absolute Gasteiger partial charge is 0.388 e. The highest BCUT2D eigenvalue weighted by Gasteiger charge is 2.60. The Hall–Kier alpha value is -3.88. The molecule has 0 aromatic carbocycles. The number of likely N-dealkylation sites (N-methyl/N-ethyl adjacent to an activating group) is 1. The third-order valence-electron chi connectivity index (χ3n) is 8.86. The van der Waals surface area contributed by atoms with Gasteiger partial charge in [-0.15, -0.1) is 0 Å². The molecule has 6 atom stereocenters. The molecule has 0 aromatic heterocycles. The van der Waals surface area contributed by atoms with E-state index in [2.05, 4.69) is 26.3 Å². The van der Waals surface area contributed by atoms with Crippen LogP contribution in [0.25, 0.3) is 0 Å². The molecule has 0 bridgehead atoms. The van der Waals surface area contributed by atoms with Crippen molar-refractivity contribution >= 4 is 46.9 Å². The van der Waals surface area contributed by atoms with Gasteiger partial charge in [-0.25, -0.2) is 0 Å². The van der Waals surface area contributed by atoms with Crippen LogP contribution in [0.5, 0.6) is 0 Å². The van der Waals surface area contributed by atoms with Crippen molar-refractivity contribution in [2.45, 2.75) is 149 Å². The van der Waals surface area contributed by atoms with E-state index < -0.39 is 53.5 Å². The second-order valence-electron chi connectivity index (χ2n) is 14.7. The molecule has 0 aliphatic carbocycles. The van der Waals surface area contributed by atoms with Gasteiger partial charge in [0.1, 0.15) is 29.7 Å². The van der Waals surface area contributed by atoms with Crippen LogP contribution in [-0.2, 0) is 33.6 Å². The number of nitrogens with two attached hydrogens (primary N) is 1. The molecule has 2 aliphatic rings. The Bertz CT molecular complexity index is 1280. The summed E-state index contributed by atoms with van der Waals surface area (Å²) in [6, 6.07) is -4.31. The number of Topliss-reactive ketones (excluding diaryl/α,β-unsaturated/α-hetero) is 2. The quantitative estimate of drug-likeness (QED) is 0.0550. The number of aliphatic imine (C=N–C) groups is 1. The average Bonchev–Trinajstić information content (AvgIpc) is 3.49. The standard InChI is InChI=1S/C35H60N8O7/c1-10-26-28(43(26)34(50)22(5)39-30(46)24(18-20(3)44)19-21(4)45)29(33(49)41-35(7,8)9)42-17-13-15-27(42)32(48)40-25(31(47)37-11-2)14-12-16-38-23(6)36/h22,24-29H,10-19H2,1-9H3,(H2,36,38)(H,37,47)(H,39,46)(H,40,48)(H,41,49)/t22-,25-,26+,27-,28-,29+,43?/m0/s1. The molecular weight excluding hydrogens is 644 g/mol. The predicted molar refractivity (Wildman–Crippen MR) is 190 cm³/mol. The van der Waals surface area contributed by atoms with E-state index in [9.17, 15) is 33.6 Å². The van der Waals surface area contributed by atoms with Crippen molar-refractivity contribution in [1.82, 2.24) is 31.1 Å². The van der Waals surface area contributed by atoms with Crippen LogP contribution in [0.15, 0.2) is 4.99 Å². The number of rotatable bonds is 19. The first-order chi connectivity index (χ1) is 23.3. The van der Waals surface area contributed by atoms with Gasteiger partial charge in [-0.1, -0.05) is 6.92 Å². The molecule has 2 heterocycles. The number of nitrogens with one attached hydrogen (secondary N) is 4. The normalized spacial score (nSPS) is 21.2. The van der Waals surface area contributed by atoms with Crippen molar-refractivity contribution in [3.05, 3.63) is 0 Å². The first-order valence-corrected chi connectivity index (χ1v) is 17.9. The first-order valence-electron chi connectivity index (χ1n) is 17.9. The fourth-order valence-corrected chi connectivity index (χ4v) is 6.71. The van der Waals surface area contributed by atoms with Gasteiger partial charge in [0.15, 0.2) is 0 Å². The van der Waals surface area contributed by atoms with Gasteiger partial charge in [0.05, 0.1) is 29.9 Å². The van der Waals surface area contributed by atoms with Gasteiger partial charge in [-0.3, -0.25) is 33.9 Å². The van der Waals surface area contributed by atoms with Crippen molar-refractivity contribution in [1.29, 1.82) is 0 Å². The van der Waals surface area contributed by atoms with E-state index in [1.807, 2.05) is 32.6 Å². The minimum Gasteiger partial charge on any atom is -0.388 e. The summed E-state index contributed by atoms with van der Waals surface area (Å²) in [4.78, 5) is 99.0. The SMILES string of the molecule is CCNC(=O)[C@H](CCCN=C(C)N)NC(=O)[C@@H]1CCCN1[C@@H](C(=O)NC(C)(C)C)[C@@H]1[C@@H](CC)N1C(=O)[C@H](C)NC(=O)C(CC(C)=O)CC(C)=O. The molecule has 5 amide bonds. The number of hydrogen-bond donors (Lipinski definition) is 5. The van der Waals surface area contributed by atoms with Crippen LogP contribution in [0.2, 0.25) is 0 Å². The highest BCUT2D eigenvalue weighted by atomic mass is 16.2. The molecule has 15 nitrogen and oxygen atoms in total. The summed E-state index contributed by atoms with van der Waals surface area (Å²) in [5.41, 5.74) is 5.04. The van der Waals surface area contributed by atoms with Gasteiger partial charge in [-0.2, -0.15) is 0 Å². The highest BCUT2D eigenvalue weighted by molar-refractivity contribution is 5.95. The zero-order valence-corrected chi connectivity index (χ0v) is 31.4. The number of nitrogens with zero attached hydrogens (tertiary/aromatic N) is 3. The van der Waals surface area contributed by atoms with Crippen molar-refractivity contribution < 1.29 is 33.6 Å². The predicted octanol–water partition coefficient (Wildman–Crippen LogP) is 0.581. The second-order valence-corrected chi connectivity index (χ2v) is 14.7. The van der Waals surface area contributed by atoms with E-state index in [4.69, 9.17) is 5.73 Å². The molecular formula is C35H60N8O7. The topological polar surface area (TPSA) is 212 Å². The van der Waals surface area contributed by atoms with E-state index in [1.54, 1.807) is 25.7 Å². The third kappa shape index (κ3) is 12.5. The molecule has 2 rings (SSSR count). The van der Waals surface area contributed by atoms with Crippen LogP contribution in [0.3, 0.4) is 0 Å². The molecule has 50 heavy (non-hydrogen) atoms. The number of ketones is 2. The van der Waals surface area contributed by atoms with Crippen molar-refractivity contribution in [2.75, 3.05) is 19.6 Å². The summed E-state index contributed by atoms with van der Waals surface area (Å²) in [5.74, 6) is -2.92. The number of amidine groups is 1. The summed E-state index contributed by atoms with van der Waals surface area (Å²) < 4.78 is 0. The van der Waals surface area contributed by atoms with E-state index in [0.717, 1.165) is 0 Å². The molecule has 0 unspecified atom stereocenters. The number of hydrogen-bond acceptors (Lipinski definition) is 9. The van der Waals surface area contributed by atoms with Gasteiger partial charge < -0.3 is 41.5 Å². The number of carbonyl (C=O) groups is 7. The Labute approximate surface area is 296 Å². The molecule has 2 fully saturated rings. The van der Waals surface area contributed by atoms with Gasteiger partial charge in [-0.05, 0) is 94.0 Å². The van der Waals surface area contributed by atoms with E-state index in [1.165, 1.54) is 13.8 Å². The molecule has 0 saturated carbocycles. The van der Waals surface area contributed by atoms with E-state index >= 15 is 0 Å². The van der Waals surface area contributed by atoms with Crippen molar-refractivity contribution in [3.63, 3.8) is 0 Å². The Morgan fingerprint density at radius 3 is 2.06 bits per heavy atom. The van der Waals surface area contributed by atoms with Gasteiger partial charge in [0.2, 0.25) is 29.5 Å². The average molecular weight is 705 g/mol. The van der Waals surface area contributed by atoms with E-state index in [-0.39, 0.29) is 48.2 Å². The van der Waals surface area contributed by atoms with Gasteiger partial charge in [0, 0.05) is 31.5 Å². The summed E-state index contributed by atoms with van der Waals surface area (Å²) in [7, 11) is 0. The lowest BCUT2D eigenvalue weighted by Crippen LogP contribution is -2.60. The zero-order chi connectivity index (χ0) is 37.9. The van der Waals surface area contributed by atoms with Crippen LogP contribution >= 0.6 is 0 Å². The van der Waals surface area contributed by atoms with Crippen molar-refractivity contribution in [2.24, 2.45) is 16.6 Å². The van der Waals surface area contributed by atoms with E-state index in [0.29, 0.717) is 57.6 Å². The first kappa shape index (κ1) is 42.3. The second kappa shape index (κ2) is 18.9. The number of carbonyl (C=O) groups excluding carboxylic acids is 7. The molecule has 2 saturated heterocycles. The summed E-state index contributed by atoms with van der Waals surface area (Å²) in [6.45, 7) is 16.4. The van der Waals surface area contributed by atoms with Gasteiger partial charge >= 0.3 is 0 Å². The van der Waals surface area contributed by atoms with Crippen molar-refractivity contribution in [3.8, 4) is 0 Å². The Morgan fingerprint density at radius 2 is 1.54 bits per heavy atom.